The summed E-state index contributed by atoms with van der Waals surface area (Å²) >= 11 is 2.73. The van der Waals surface area contributed by atoms with Gasteiger partial charge in [0.15, 0.2) is 0 Å². The van der Waals surface area contributed by atoms with Crippen LogP contribution in [0.15, 0.2) is 18.2 Å². The maximum atomic E-state index is 13.0. The molecule has 0 fully saturated rings. The van der Waals surface area contributed by atoms with E-state index in [2.05, 4.69) is 15.6 Å². The molecule has 186 valence electrons. The van der Waals surface area contributed by atoms with E-state index in [9.17, 15) is 19.2 Å². The number of aryl methyl sites for hydroxylation is 2. The fraction of sp³-hybridized carbons (Fsp3) is 0.320. The summed E-state index contributed by atoms with van der Waals surface area (Å²) in [5, 5.41) is 6.38. The Hall–Kier alpha value is -3.57. The highest BCUT2D eigenvalue weighted by Gasteiger charge is 2.30. The van der Waals surface area contributed by atoms with Gasteiger partial charge in [-0.2, -0.15) is 0 Å². The van der Waals surface area contributed by atoms with Crippen molar-refractivity contribution in [1.82, 2.24) is 4.98 Å². The van der Waals surface area contributed by atoms with E-state index in [0.29, 0.717) is 21.1 Å². The molecule has 11 heteroatoms. The molecule has 0 atom stereocenters. The minimum atomic E-state index is -0.542. The lowest BCUT2D eigenvalue weighted by molar-refractivity contribution is 0.0592. The third kappa shape index (κ3) is 4.28. The Morgan fingerprint density at radius 2 is 1.19 bits per heavy atom. The summed E-state index contributed by atoms with van der Waals surface area (Å²) in [5.41, 5.74) is 2.67. The highest BCUT2D eigenvalue weighted by atomic mass is 32.1. The molecule has 0 bridgehead atoms. The van der Waals surface area contributed by atoms with Gasteiger partial charge in [-0.05, 0) is 61.8 Å². The molecule has 9 nitrogen and oxygen atoms in total. The van der Waals surface area contributed by atoms with Crippen LogP contribution in [0.3, 0.4) is 0 Å². The minimum Gasteiger partial charge on any atom is -0.465 e. The molecule has 0 unspecified atom stereocenters. The van der Waals surface area contributed by atoms with Crippen molar-refractivity contribution in [1.29, 1.82) is 0 Å². The van der Waals surface area contributed by atoms with Gasteiger partial charge in [-0.1, -0.05) is 6.07 Å². The average molecular weight is 526 g/mol. The molecular weight excluding hydrogens is 502 g/mol. The van der Waals surface area contributed by atoms with Gasteiger partial charge in [-0.15, -0.1) is 22.7 Å². The third-order valence-electron chi connectivity index (χ3n) is 6.29. The molecule has 3 aromatic heterocycles. The first-order valence-electron chi connectivity index (χ1n) is 11.5. The first-order chi connectivity index (χ1) is 17.4. The predicted molar refractivity (Wildman–Crippen MR) is 136 cm³/mol. The van der Waals surface area contributed by atoms with Crippen LogP contribution in [0.4, 0.5) is 10.0 Å². The Morgan fingerprint density at radius 1 is 0.750 bits per heavy atom. The molecule has 0 spiro atoms. The molecule has 2 N–H and O–H groups in total. The fourth-order valence-corrected chi connectivity index (χ4v) is 7.19. The lowest BCUT2D eigenvalue weighted by Gasteiger charge is -2.09. The van der Waals surface area contributed by atoms with Gasteiger partial charge in [0.25, 0.3) is 11.8 Å². The molecule has 5 rings (SSSR count). The maximum Gasteiger partial charge on any atom is 0.341 e. The standard InChI is InChI=1S/C25H23N3O6S2/c1-33-24(31)18-12-6-3-10-16(12)35-22(18)27-20(29)14-8-5-9-15(26-14)21(30)28-23-19(25(32)34-2)13-7-4-11-17(13)36-23/h5,8-9H,3-4,6-7,10-11H2,1-2H3,(H,27,29)(H,28,30). The number of hydrogen-bond donors (Lipinski definition) is 2. The largest absolute Gasteiger partial charge is 0.465 e. The van der Waals surface area contributed by atoms with Crippen LogP contribution in [-0.4, -0.2) is 43.0 Å². The topological polar surface area (TPSA) is 124 Å². The van der Waals surface area contributed by atoms with Crippen molar-refractivity contribution >= 4 is 56.4 Å². The average Bonchev–Trinajstić information content (AvgIpc) is 3.64. The highest BCUT2D eigenvalue weighted by molar-refractivity contribution is 7.17. The number of ether oxygens (including phenoxy) is 2. The number of nitrogens with zero attached hydrogens (tertiary/aromatic N) is 1. The van der Waals surface area contributed by atoms with Crippen LogP contribution in [-0.2, 0) is 35.2 Å². The summed E-state index contributed by atoms with van der Waals surface area (Å²) in [5.74, 6) is -2.06. The van der Waals surface area contributed by atoms with Crippen molar-refractivity contribution in [3.63, 3.8) is 0 Å². The van der Waals surface area contributed by atoms with Gasteiger partial charge in [-0.3, -0.25) is 9.59 Å². The third-order valence-corrected chi connectivity index (χ3v) is 8.70. The Morgan fingerprint density at radius 3 is 1.61 bits per heavy atom. The summed E-state index contributed by atoms with van der Waals surface area (Å²) < 4.78 is 9.86. The summed E-state index contributed by atoms with van der Waals surface area (Å²) in [6.45, 7) is 0. The van der Waals surface area contributed by atoms with Crippen LogP contribution in [0.1, 0.15) is 75.4 Å². The number of methoxy groups -OCH3 is 2. The molecule has 36 heavy (non-hydrogen) atoms. The molecule has 2 aliphatic rings. The zero-order valence-electron chi connectivity index (χ0n) is 19.7. The Balaban J connectivity index is 1.37. The van der Waals surface area contributed by atoms with Gasteiger partial charge in [0.05, 0.1) is 25.3 Å². The highest BCUT2D eigenvalue weighted by Crippen LogP contribution is 2.40. The van der Waals surface area contributed by atoms with E-state index in [0.717, 1.165) is 59.4 Å². The Kier molecular flexibility index (Phi) is 6.59. The number of rotatable bonds is 6. The van der Waals surface area contributed by atoms with E-state index in [-0.39, 0.29) is 11.4 Å². The van der Waals surface area contributed by atoms with Crippen molar-refractivity contribution in [3.8, 4) is 0 Å². The zero-order chi connectivity index (χ0) is 25.4. The second kappa shape index (κ2) is 9.82. The van der Waals surface area contributed by atoms with E-state index < -0.39 is 23.8 Å². The molecule has 0 saturated heterocycles. The second-order valence-electron chi connectivity index (χ2n) is 8.42. The number of nitrogens with one attached hydrogen (secondary N) is 2. The van der Waals surface area contributed by atoms with Gasteiger partial charge < -0.3 is 20.1 Å². The lowest BCUT2D eigenvalue weighted by atomic mass is 10.1. The number of fused-ring (bicyclic) bond motifs is 2. The number of thiophene rings is 2. The SMILES string of the molecule is COC(=O)c1c(NC(=O)c2cccc(C(=O)Nc3sc4c(c3C(=O)OC)CCC4)n2)sc2c1CCC2. The van der Waals surface area contributed by atoms with E-state index in [1.165, 1.54) is 49.0 Å². The van der Waals surface area contributed by atoms with Crippen LogP contribution in [0.25, 0.3) is 0 Å². The molecule has 0 radical (unpaired) electrons. The van der Waals surface area contributed by atoms with Crippen LogP contribution < -0.4 is 10.6 Å². The molecule has 0 aromatic carbocycles. The molecule has 2 aliphatic carbocycles. The Labute approximate surface area is 214 Å². The number of anilines is 2. The molecule has 3 heterocycles. The summed E-state index contributed by atoms with van der Waals surface area (Å²) in [6, 6.07) is 4.54. The monoisotopic (exact) mass is 525 g/mol. The van der Waals surface area contributed by atoms with Gasteiger partial charge >= 0.3 is 11.9 Å². The molecule has 0 saturated carbocycles. The van der Waals surface area contributed by atoms with Crippen LogP contribution >= 0.6 is 22.7 Å². The van der Waals surface area contributed by atoms with Gasteiger partial charge in [0, 0.05) is 9.75 Å². The second-order valence-corrected chi connectivity index (χ2v) is 10.6. The number of esters is 2. The molecule has 3 aromatic rings. The zero-order valence-corrected chi connectivity index (χ0v) is 21.3. The van der Waals surface area contributed by atoms with Crippen molar-refractivity contribution in [2.24, 2.45) is 0 Å². The maximum absolute atomic E-state index is 13.0. The first-order valence-corrected chi connectivity index (χ1v) is 13.1. The normalized spacial score (nSPS) is 13.6. The van der Waals surface area contributed by atoms with Crippen molar-refractivity contribution in [3.05, 3.63) is 61.6 Å². The minimum absolute atomic E-state index is 0.0221. The van der Waals surface area contributed by atoms with Gasteiger partial charge in [0.1, 0.15) is 21.4 Å². The lowest BCUT2D eigenvalue weighted by Crippen LogP contribution is -2.19. The molecule has 2 amide bonds. The van der Waals surface area contributed by atoms with Crippen molar-refractivity contribution in [2.75, 3.05) is 24.9 Å². The smallest absolute Gasteiger partial charge is 0.341 e. The van der Waals surface area contributed by atoms with Crippen LogP contribution in [0.5, 0.6) is 0 Å². The number of aromatic nitrogens is 1. The fourth-order valence-electron chi connectivity index (χ4n) is 4.64. The van der Waals surface area contributed by atoms with Crippen LogP contribution in [0, 0.1) is 0 Å². The summed E-state index contributed by atoms with van der Waals surface area (Å²) in [4.78, 5) is 57.1. The first kappa shape index (κ1) is 24.1. The number of carbonyl (C=O) groups excluding carboxylic acids is 4. The van der Waals surface area contributed by atoms with E-state index in [4.69, 9.17) is 9.47 Å². The summed E-state index contributed by atoms with van der Waals surface area (Å²) in [6.07, 6.45) is 5.16. The Bertz CT molecular complexity index is 1310. The molecular formula is C25H23N3O6S2. The van der Waals surface area contributed by atoms with Crippen molar-refractivity contribution in [2.45, 2.75) is 38.5 Å². The van der Waals surface area contributed by atoms with E-state index in [1.54, 1.807) is 6.07 Å². The van der Waals surface area contributed by atoms with E-state index >= 15 is 0 Å². The number of pyridine rings is 1. The van der Waals surface area contributed by atoms with Crippen LogP contribution in [0.2, 0.25) is 0 Å². The number of hydrogen-bond acceptors (Lipinski definition) is 9. The van der Waals surface area contributed by atoms with Crippen molar-refractivity contribution < 1.29 is 28.7 Å². The quantitative estimate of drug-likeness (QED) is 0.461. The molecule has 0 aliphatic heterocycles. The summed E-state index contributed by atoms with van der Waals surface area (Å²) in [7, 11) is 2.62. The number of amides is 2. The number of carbonyl (C=O) groups is 4. The predicted octanol–water partition coefficient (Wildman–Crippen LogP) is 4.26. The van der Waals surface area contributed by atoms with Gasteiger partial charge in [-0.25, -0.2) is 14.6 Å². The van der Waals surface area contributed by atoms with Gasteiger partial charge in [0.2, 0.25) is 0 Å². The van der Waals surface area contributed by atoms with E-state index in [1.807, 2.05) is 0 Å².